The number of fused-ring (bicyclic) bond motifs is 1. The normalized spacial score (nSPS) is 16.4. The Morgan fingerprint density at radius 1 is 1.47 bits per heavy atom. The molecule has 0 aliphatic carbocycles. The van der Waals surface area contributed by atoms with Gasteiger partial charge in [0.25, 0.3) is 0 Å². The molecule has 0 amide bonds. The first-order chi connectivity index (χ1) is 8.31. The minimum absolute atomic E-state index is 0.260. The molecule has 0 fully saturated rings. The van der Waals surface area contributed by atoms with Gasteiger partial charge >= 0.3 is 0 Å². The van der Waals surface area contributed by atoms with Crippen LogP contribution in [0.2, 0.25) is 0 Å². The molecule has 0 spiro atoms. The molecule has 1 aliphatic rings. The van der Waals surface area contributed by atoms with Gasteiger partial charge in [-0.3, -0.25) is 0 Å². The maximum atomic E-state index is 9.96. The van der Waals surface area contributed by atoms with Crippen LogP contribution in [0.1, 0.15) is 12.8 Å². The minimum Gasteiger partial charge on any atom is -0.391 e. The number of β-amino-alcohol motifs (C(OH)–C–C–N with tert-alkyl or cyclic N) is 1. The van der Waals surface area contributed by atoms with Gasteiger partial charge in [-0.05, 0) is 25.0 Å². The van der Waals surface area contributed by atoms with E-state index in [4.69, 9.17) is 0 Å². The van der Waals surface area contributed by atoms with Crippen LogP contribution in [0.3, 0.4) is 0 Å². The fourth-order valence-electron chi connectivity index (χ4n) is 2.07. The second-order valence-corrected chi connectivity index (χ2v) is 5.42. The quantitative estimate of drug-likeness (QED) is 0.812. The molecule has 0 saturated heterocycles. The van der Waals surface area contributed by atoms with Crippen LogP contribution in [0.5, 0.6) is 0 Å². The number of allylic oxidation sites excluding steroid dienone is 1. The molecule has 92 valence electrons. The van der Waals surface area contributed by atoms with Crippen LogP contribution in [0.15, 0.2) is 41.8 Å². The predicted octanol–water partition coefficient (Wildman–Crippen LogP) is 2.93. The van der Waals surface area contributed by atoms with Gasteiger partial charge in [0.1, 0.15) is 0 Å². The number of rotatable bonds is 5. The van der Waals surface area contributed by atoms with E-state index in [1.54, 1.807) is 0 Å². The number of aliphatic hydroxyl groups excluding tert-OH is 1. The van der Waals surface area contributed by atoms with E-state index in [0.717, 1.165) is 31.7 Å². The summed E-state index contributed by atoms with van der Waals surface area (Å²) in [5.41, 5.74) is 1.27. The first-order valence-corrected chi connectivity index (χ1v) is 7.05. The van der Waals surface area contributed by atoms with Crippen molar-refractivity contribution in [2.24, 2.45) is 0 Å². The van der Waals surface area contributed by atoms with Crippen molar-refractivity contribution in [3.63, 3.8) is 0 Å². The third-order valence-electron chi connectivity index (χ3n) is 2.96. The second kappa shape index (κ2) is 6.12. The highest BCUT2D eigenvalue weighted by Crippen LogP contribution is 2.34. The highest BCUT2D eigenvalue weighted by Gasteiger charge is 2.18. The van der Waals surface area contributed by atoms with Crippen LogP contribution in [-0.4, -0.2) is 30.1 Å². The fourth-order valence-corrected chi connectivity index (χ4v) is 3.12. The predicted molar refractivity (Wildman–Crippen MR) is 74.8 cm³/mol. The Morgan fingerprint density at radius 2 is 2.29 bits per heavy atom. The van der Waals surface area contributed by atoms with Gasteiger partial charge in [0.15, 0.2) is 0 Å². The largest absolute Gasteiger partial charge is 0.391 e. The van der Waals surface area contributed by atoms with Crippen molar-refractivity contribution < 1.29 is 5.11 Å². The second-order valence-electron chi connectivity index (χ2n) is 4.28. The maximum Gasteiger partial charge on any atom is 0.0718 e. The lowest BCUT2D eigenvalue weighted by Gasteiger charge is -2.32. The van der Waals surface area contributed by atoms with Crippen molar-refractivity contribution in [2.75, 3.05) is 23.7 Å². The smallest absolute Gasteiger partial charge is 0.0718 e. The SMILES string of the molecule is C=CCCC(O)CN1CCSc2ccccc21. The molecule has 1 aromatic rings. The number of anilines is 1. The summed E-state index contributed by atoms with van der Waals surface area (Å²) >= 11 is 1.90. The third-order valence-corrected chi connectivity index (χ3v) is 4.00. The van der Waals surface area contributed by atoms with Gasteiger partial charge in [-0.15, -0.1) is 18.3 Å². The van der Waals surface area contributed by atoms with E-state index in [9.17, 15) is 5.11 Å². The van der Waals surface area contributed by atoms with Gasteiger partial charge in [0, 0.05) is 23.7 Å². The topological polar surface area (TPSA) is 23.5 Å². The Labute approximate surface area is 107 Å². The Kier molecular flexibility index (Phi) is 4.51. The average Bonchev–Trinajstić information content (AvgIpc) is 2.37. The number of hydrogen-bond acceptors (Lipinski definition) is 3. The summed E-state index contributed by atoms with van der Waals surface area (Å²) in [6.07, 6.45) is 3.29. The van der Waals surface area contributed by atoms with Gasteiger partial charge in [0.05, 0.1) is 11.8 Å². The Balaban J connectivity index is 2.00. The number of thioether (sulfide) groups is 1. The summed E-state index contributed by atoms with van der Waals surface area (Å²) in [5, 5.41) is 9.96. The summed E-state index contributed by atoms with van der Waals surface area (Å²) in [5.74, 6) is 1.10. The van der Waals surface area contributed by atoms with Gasteiger partial charge in [0.2, 0.25) is 0 Å². The van der Waals surface area contributed by atoms with Crippen molar-refractivity contribution in [2.45, 2.75) is 23.8 Å². The lowest BCUT2D eigenvalue weighted by atomic mass is 10.1. The van der Waals surface area contributed by atoms with Gasteiger partial charge in [-0.2, -0.15) is 0 Å². The molecule has 0 radical (unpaired) electrons. The van der Waals surface area contributed by atoms with Crippen molar-refractivity contribution in [3.8, 4) is 0 Å². The van der Waals surface area contributed by atoms with Crippen LogP contribution in [0.4, 0.5) is 5.69 Å². The van der Waals surface area contributed by atoms with Crippen LogP contribution >= 0.6 is 11.8 Å². The zero-order valence-corrected chi connectivity index (χ0v) is 10.8. The number of nitrogens with zero attached hydrogens (tertiary/aromatic N) is 1. The van der Waals surface area contributed by atoms with Crippen molar-refractivity contribution >= 4 is 17.4 Å². The molecule has 1 aromatic carbocycles. The fraction of sp³-hybridized carbons (Fsp3) is 0.429. The molecule has 0 bridgehead atoms. The molecule has 1 heterocycles. The summed E-state index contributed by atoms with van der Waals surface area (Å²) < 4.78 is 0. The molecule has 0 aromatic heterocycles. The van der Waals surface area contributed by atoms with Gasteiger partial charge in [-0.25, -0.2) is 0 Å². The van der Waals surface area contributed by atoms with E-state index in [1.165, 1.54) is 10.6 Å². The first-order valence-electron chi connectivity index (χ1n) is 6.07. The molecule has 1 atom stereocenters. The number of benzene rings is 1. The standard InChI is InChI=1S/C14H19NOS/c1-2-3-6-12(16)11-15-9-10-17-14-8-5-4-7-13(14)15/h2,4-5,7-8,12,16H,1,3,6,9-11H2. The molecule has 17 heavy (non-hydrogen) atoms. The van der Waals surface area contributed by atoms with E-state index < -0.39 is 0 Å². The summed E-state index contributed by atoms with van der Waals surface area (Å²) in [6, 6.07) is 8.43. The molecule has 1 unspecified atom stereocenters. The van der Waals surface area contributed by atoms with E-state index >= 15 is 0 Å². The number of aliphatic hydroxyl groups is 1. The highest BCUT2D eigenvalue weighted by atomic mass is 32.2. The lowest BCUT2D eigenvalue weighted by Crippen LogP contribution is -2.36. The zero-order chi connectivity index (χ0) is 12.1. The molecule has 1 aliphatic heterocycles. The van der Waals surface area contributed by atoms with Crippen LogP contribution < -0.4 is 4.90 Å². The van der Waals surface area contributed by atoms with E-state index in [0.29, 0.717) is 0 Å². The third kappa shape index (κ3) is 3.27. The van der Waals surface area contributed by atoms with Crippen LogP contribution in [-0.2, 0) is 0 Å². The van der Waals surface area contributed by atoms with Crippen molar-refractivity contribution in [1.29, 1.82) is 0 Å². The molecular formula is C14H19NOS. The average molecular weight is 249 g/mol. The van der Waals surface area contributed by atoms with Gasteiger partial charge in [-0.1, -0.05) is 18.2 Å². The molecule has 2 nitrogen and oxygen atoms in total. The monoisotopic (exact) mass is 249 g/mol. The maximum absolute atomic E-state index is 9.96. The van der Waals surface area contributed by atoms with E-state index in [1.807, 2.05) is 17.8 Å². The van der Waals surface area contributed by atoms with E-state index in [-0.39, 0.29) is 6.10 Å². The molecule has 0 saturated carbocycles. The Hall–Kier alpha value is -0.930. The molecule has 2 rings (SSSR count). The Morgan fingerprint density at radius 3 is 3.12 bits per heavy atom. The molecule has 3 heteroatoms. The number of hydrogen-bond donors (Lipinski definition) is 1. The van der Waals surface area contributed by atoms with Gasteiger partial charge < -0.3 is 10.0 Å². The van der Waals surface area contributed by atoms with Crippen molar-refractivity contribution in [3.05, 3.63) is 36.9 Å². The highest BCUT2D eigenvalue weighted by molar-refractivity contribution is 7.99. The van der Waals surface area contributed by atoms with Crippen LogP contribution in [0.25, 0.3) is 0 Å². The summed E-state index contributed by atoms with van der Waals surface area (Å²) in [6.45, 7) is 5.44. The lowest BCUT2D eigenvalue weighted by molar-refractivity contribution is 0.171. The number of para-hydroxylation sites is 1. The van der Waals surface area contributed by atoms with E-state index in [2.05, 4.69) is 35.7 Å². The van der Waals surface area contributed by atoms with Crippen molar-refractivity contribution in [1.82, 2.24) is 0 Å². The summed E-state index contributed by atoms with van der Waals surface area (Å²) in [4.78, 5) is 3.62. The molecule has 1 N–H and O–H groups in total. The Bertz CT molecular complexity index is 380. The van der Waals surface area contributed by atoms with Crippen LogP contribution in [0, 0.1) is 0 Å². The zero-order valence-electron chi connectivity index (χ0n) is 10.0. The molecular weight excluding hydrogens is 230 g/mol. The minimum atomic E-state index is -0.260. The summed E-state index contributed by atoms with van der Waals surface area (Å²) in [7, 11) is 0. The first kappa shape index (κ1) is 12.5.